The van der Waals surface area contributed by atoms with E-state index in [0.29, 0.717) is 30.8 Å². The molecule has 30 heavy (non-hydrogen) atoms. The van der Waals surface area contributed by atoms with E-state index in [1.165, 1.54) is 0 Å². The Balaban J connectivity index is 2.93. The molecule has 0 aliphatic rings. The zero-order chi connectivity index (χ0) is 22.7. The molecule has 1 amide bonds. The number of aldehydes is 1. The van der Waals surface area contributed by atoms with Crippen LogP contribution in [-0.4, -0.2) is 43.7 Å². The molecule has 0 atom stereocenters. The second kappa shape index (κ2) is 12.5. The lowest BCUT2D eigenvalue weighted by Crippen LogP contribution is -2.26. The summed E-state index contributed by atoms with van der Waals surface area (Å²) in [5.74, 6) is 0.481. The Morgan fingerprint density at radius 3 is 2.40 bits per heavy atom. The second-order valence-corrected chi connectivity index (χ2v) is 7.09. The monoisotopic (exact) mass is 421 g/mol. The van der Waals surface area contributed by atoms with Crippen molar-refractivity contribution in [2.45, 2.75) is 60.2 Å². The maximum atomic E-state index is 11.8. The van der Waals surface area contributed by atoms with Crippen molar-refractivity contribution in [3.63, 3.8) is 0 Å². The van der Waals surface area contributed by atoms with E-state index >= 15 is 0 Å². The average molecular weight is 421 g/mol. The van der Waals surface area contributed by atoms with E-state index in [-0.39, 0.29) is 30.1 Å². The summed E-state index contributed by atoms with van der Waals surface area (Å²) in [4.78, 5) is 35.1. The molecule has 166 valence electrons. The van der Waals surface area contributed by atoms with Crippen LogP contribution in [0.2, 0.25) is 0 Å². The van der Waals surface area contributed by atoms with Gasteiger partial charge in [-0.2, -0.15) is 0 Å². The Kier molecular flexibility index (Phi) is 10.4. The third kappa shape index (κ3) is 8.98. The molecule has 8 heteroatoms. The predicted octanol–water partition coefficient (Wildman–Crippen LogP) is 3.81. The fraction of sp³-hybridized carbons (Fsp3) is 0.500. The summed E-state index contributed by atoms with van der Waals surface area (Å²) in [6.07, 6.45) is 1.76. The third-order valence-corrected chi connectivity index (χ3v) is 3.68. The number of benzene rings is 1. The minimum absolute atomic E-state index is 0.179. The van der Waals surface area contributed by atoms with Crippen LogP contribution >= 0.6 is 0 Å². The molecule has 0 bridgehead atoms. The minimum Gasteiger partial charge on any atom is -0.487 e. The summed E-state index contributed by atoms with van der Waals surface area (Å²) < 4.78 is 21.4. The molecule has 8 nitrogen and oxygen atoms in total. The summed E-state index contributed by atoms with van der Waals surface area (Å²) >= 11 is 0. The number of esters is 1. The van der Waals surface area contributed by atoms with Crippen molar-refractivity contribution in [2.24, 2.45) is 0 Å². The Morgan fingerprint density at radius 2 is 1.83 bits per heavy atom. The first-order valence-corrected chi connectivity index (χ1v) is 9.85. The first-order chi connectivity index (χ1) is 14.2. The number of hydrogen-bond acceptors (Lipinski definition) is 7. The van der Waals surface area contributed by atoms with Gasteiger partial charge in [-0.3, -0.25) is 4.79 Å². The van der Waals surface area contributed by atoms with Gasteiger partial charge in [-0.1, -0.05) is 0 Å². The van der Waals surface area contributed by atoms with Gasteiger partial charge in [0.15, 0.2) is 24.4 Å². The molecule has 0 aliphatic heterocycles. The highest BCUT2D eigenvalue weighted by molar-refractivity contribution is 5.82. The highest BCUT2D eigenvalue weighted by Gasteiger charge is 2.17. The maximum absolute atomic E-state index is 11.8. The van der Waals surface area contributed by atoms with Crippen LogP contribution in [0.1, 0.15) is 57.5 Å². The molecular formula is C22H31NO7. The number of amides is 1. The second-order valence-electron chi connectivity index (χ2n) is 7.09. The molecule has 1 aromatic carbocycles. The summed E-state index contributed by atoms with van der Waals surface area (Å²) in [5, 5.41) is 2.64. The Morgan fingerprint density at radius 1 is 1.13 bits per heavy atom. The van der Waals surface area contributed by atoms with Crippen molar-refractivity contribution in [1.29, 1.82) is 0 Å². The molecule has 1 rings (SSSR count). The van der Waals surface area contributed by atoms with Crippen LogP contribution in [0.25, 0.3) is 0 Å². The lowest BCUT2D eigenvalue weighted by molar-refractivity contribution is -0.149. The molecule has 0 aliphatic carbocycles. The van der Waals surface area contributed by atoms with Crippen LogP contribution in [0.3, 0.4) is 0 Å². The van der Waals surface area contributed by atoms with Gasteiger partial charge in [0.05, 0.1) is 17.8 Å². The van der Waals surface area contributed by atoms with Crippen LogP contribution in [0, 0.1) is 0 Å². The Hall–Kier alpha value is -3.03. The van der Waals surface area contributed by atoms with Crippen LogP contribution in [0.4, 0.5) is 4.79 Å². The maximum Gasteiger partial charge on any atom is 0.412 e. The minimum atomic E-state index is -0.552. The zero-order valence-electron chi connectivity index (χ0n) is 18.4. The molecule has 1 N–H and O–H groups in total. The topological polar surface area (TPSA) is 100 Å². The quantitative estimate of drug-likeness (QED) is 0.329. The third-order valence-electron chi connectivity index (χ3n) is 3.68. The van der Waals surface area contributed by atoms with Crippen LogP contribution < -0.4 is 14.8 Å². The number of carbonyl (C=O) groups is 3. The highest BCUT2D eigenvalue weighted by atomic mass is 16.6. The molecule has 0 aromatic heterocycles. The van der Waals surface area contributed by atoms with Crippen LogP contribution in [0.5, 0.6) is 11.5 Å². The Bertz CT molecular complexity index is 769. The highest BCUT2D eigenvalue weighted by Crippen LogP contribution is 2.33. The summed E-state index contributed by atoms with van der Waals surface area (Å²) in [6, 6.07) is 3.35. The van der Waals surface area contributed by atoms with Gasteiger partial charge in [0.1, 0.15) is 5.76 Å². The molecule has 0 saturated heterocycles. The lowest BCUT2D eigenvalue weighted by Gasteiger charge is -2.18. The molecule has 0 heterocycles. The summed E-state index contributed by atoms with van der Waals surface area (Å²) in [5.41, 5.74) is 1.00. The standard InChI is InChI=1S/C22H31NO7/c1-7-16(6)30-22(26)23-9-8-17-10-18(12-24)21(19(11-17)28-14(2)3)27-13-20(25)29-15(4)5/h7,10-12,14-15H,8-9,13H2,1-6H3,(H,23,26)/b16-7+. The van der Waals surface area contributed by atoms with Crippen molar-refractivity contribution in [3.8, 4) is 11.5 Å². The van der Waals surface area contributed by atoms with E-state index in [4.69, 9.17) is 18.9 Å². The Labute approximate surface area is 177 Å². The number of allylic oxidation sites excluding steroid dienone is 2. The molecule has 0 radical (unpaired) electrons. The number of rotatable bonds is 11. The SMILES string of the molecule is C/C=C(\C)OC(=O)NCCc1cc(C=O)c(OCC(=O)OC(C)C)c(OC(C)C)c1. The average Bonchev–Trinajstić information content (AvgIpc) is 2.65. The largest absolute Gasteiger partial charge is 0.487 e. The number of nitrogens with one attached hydrogen (secondary N) is 1. The fourth-order valence-corrected chi connectivity index (χ4v) is 2.39. The van der Waals surface area contributed by atoms with Gasteiger partial charge in [0.2, 0.25) is 0 Å². The molecule has 0 spiro atoms. The number of carbonyl (C=O) groups excluding carboxylic acids is 3. The van der Waals surface area contributed by atoms with Crippen molar-refractivity contribution in [3.05, 3.63) is 35.1 Å². The van der Waals surface area contributed by atoms with E-state index < -0.39 is 12.1 Å². The normalized spacial score (nSPS) is 11.3. The van der Waals surface area contributed by atoms with E-state index in [0.717, 1.165) is 5.56 Å². The van der Waals surface area contributed by atoms with Gasteiger partial charge in [0.25, 0.3) is 0 Å². The number of ether oxygens (including phenoxy) is 4. The van der Waals surface area contributed by atoms with Gasteiger partial charge in [-0.15, -0.1) is 0 Å². The predicted molar refractivity (Wildman–Crippen MR) is 112 cm³/mol. The van der Waals surface area contributed by atoms with Crippen molar-refractivity contribution < 1.29 is 33.3 Å². The van der Waals surface area contributed by atoms with Gasteiger partial charge in [-0.25, -0.2) is 9.59 Å². The van der Waals surface area contributed by atoms with Crippen LogP contribution in [0.15, 0.2) is 24.0 Å². The van der Waals surface area contributed by atoms with Crippen molar-refractivity contribution in [2.75, 3.05) is 13.2 Å². The zero-order valence-corrected chi connectivity index (χ0v) is 18.4. The lowest BCUT2D eigenvalue weighted by atomic mass is 10.1. The van der Waals surface area contributed by atoms with Crippen molar-refractivity contribution in [1.82, 2.24) is 5.32 Å². The van der Waals surface area contributed by atoms with E-state index in [2.05, 4.69) is 5.32 Å². The van der Waals surface area contributed by atoms with Gasteiger partial charge in [-0.05, 0) is 71.7 Å². The first kappa shape index (κ1) is 25.0. The first-order valence-electron chi connectivity index (χ1n) is 9.85. The fourth-order valence-electron chi connectivity index (χ4n) is 2.39. The van der Waals surface area contributed by atoms with Crippen LogP contribution in [-0.2, 0) is 20.7 Å². The summed E-state index contributed by atoms with van der Waals surface area (Å²) in [7, 11) is 0. The van der Waals surface area contributed by atoms with E-state index in [1.54, 1.807) is 45.9 Å². The van der Waals surface area contributed by atoms with Gasteiger partial charge in [0, 0.05) is 6.54 Å². The molecule has 0 fully saturated rings. The van der Waals surface area contributed by atoms with Crippen molar-refractivity contribution >= 4 is 18.3 Å². The molecule has 0 unspecified atom stereocenters. The summed E-state index contributed by atoms with van der Waals surface area (Å²) in [6.45, 7) is 10.6. The molecular weight excluding hydrogens is 390 g/mol. The van der Waals surface area contributed by atoms with E-state index in [9.17, 15) is 14.4 Å². The number of alkyl carbamates (subject to hydrolysis) is 1. The van der Waals surface area contributed by atoms with Gasteiger partial charge >= 0.3 is 12.1 Å². The van der Waals surface area contributed by atoms with E-state index in [1.807, 2.05) is 13.8 Å². The molecule has 1 aromatic rings. The molecule has 0 saturated carbocycles. The smallest absolute Gasteiger partial charge is 0.412 e. The number of hydrogen-bond donors (Lipinski definition) is 1. The van der Waals surface area contributed by atoms with Gasteiger partial charge < -0.3 is 24.3 Å².